The predicted molar refractivity (Wildman–Crippen MR) is 89.3 cm³/mol. The van der Waals surface area contributed by atoms with Crippen molar-refractivity contribution in [2.75, 3.05) is 11.5 Å². The summed E-state index contributed by atoms with van der Waals surface area (Å²) < 4.78 is 22.7. The predicted octanol–water partition coefficient (Wildman–Crippen LogP) is 3.34. The number of hydrogen-bond donors (Lipinski definition) is 1. The molecule has 3 nitrogen and oxygen atoms in total. The highest BCUT2D eigenvalue weighted by Crippen LogP contribution is 2.34. The third-order valence-corrected chi connectivity index (χ3v) is 6.88. The molecule has 0 saturated heterocycles. The molecule has 0 radical (unpaired) electrons. The molecule has 0 bridgehead atoms. The molecule has 0 heterocycles. The van der Waals surface area contributed by atoms with Gasteiger partial charge in [0.2, 0.25) is 10.0 Å². The molecule has 0 aromatic carbocycles. The van der Waals surface area contributed by atoms with E-state index < -0.39 is 14.8 Å². The van der Waals surface area contributed by atoms with Gasteiger partial charge in [-0.1, -0.05) is 44.6 Å². The number of thioether (sulfide) groups is 1. The van der Waals surface area contributed by atoms with Gasteiger partial charge in [-0.3, -0.25) is 0 Å². The van der Waals surface area contributed by atoms with Gasteiger partial charge >= 0.3 is 0 Å². The molecule has 0 spiro atoms. The van der Waals surface area contributed by atoms with Gasteiger partial charge in [-0.05, 0) is 37.2 Å². The van der Waals surface area contributed by atoms with Gasteiger partial charge in [-0.25, -0.2) is 13.6 Å². The van der Waals surface area contributed by atoms with Crippen LogP contribution in [0.3, 0.4) is 0 Å². The van der Waals surface area contributed by atoms with E-state index in [1.54, 1.807) is 19.1 Å². The van der Waals surface area contributed by atoms with E-state index in [2.05, 4.69) is 13.8 Å². The van der Waals surface area contributed by atoms with E-state index >= 15 is 0 Å². The van der Waals surface area contributed by atoms with E-state index in [1.807, 2.05) is 23.9 Å². The summed E-state index contributed by atoms with van der Waals surface area (Å²) in [5, 5.41) is 5.40. The summed E-state index contributed by atoms with van der Waals surface area (Å²) in [6.45, 7) is 6.17. The third kappa shape index (κ3) is 4.93. The molecule has 5 heteroatoms. The Hall–Kier alpha value is -0.260. The molecule has 0 fully saturated rings. The highest BCUT2D eigenvalue weighted by molar-refractivity contribution is 7.99. The topological polar surface area (TPSA) is 60.2 Å². The average molecular weight is 318 g/mol. The second-order valence-corrected chi connectivity index (χ2v) is 9.16. The highest BCUT2D eigenvalue weighted by Gasteiger charge is 2.41. The first-order valence-corrected chi connectivity index (χ1v) is 9.93. The van der Waals surface area contributed by atoms with Gasteiger partial charge in [-0.15, -0.1) is 0 Å². The highest BCUT2D eigenvalue weighted by atomic mass is 32.2. The Morgan fingerprint density at radius 1 is 1.30 bits per heavy atom. The van der Waals surface area contributed by atoms with Gasteiger partial charge in [0.25, 0.3) is 0 Å². The van der Waals surface area contributed by atoms with Crippen LogP contribution in [0.4, 0.5) is 0 Å². The summed E-state index contributed by atoms with van der Waals surface area (Å²) in [6, 6.07) is 0. The van der Waals surface area contributed by atoms with Gasteiger partial charge < -0.3 is 0 Å². The molecule has 20 heavy (non-hydrogen) atoms. The van der Waals surface area contributed by atoms with Crippen LogP contribution in [0.1, 0.15) is 40.0 Å². The largest absolute Gasteiger partial charge is 0.228 e. The molecule has 0 aromatic heterocycles. The van der Waals surface area contributed by atoms with E-state index in [0.717, 1.165) is 30.9 Å². The zero-order valence-electron chi connectivity index (χ0n) is 12.7. The molecule has 0 amide bonds. The lowest BCUT2D eigenvalue weighted by Crippen LogP contribution is -2.45. The number of hydrogen-bond acceptors (Lipinski definition) is 3. The second kappa shape index (κ2) is 7.66. The lowest BCUT2D eigenvalue weighted by molar-refractivity contribution is 0.453. The Balaban J connectivity index is 2.42. The fourth-order valence-corrected chi connectivity index (χ4v) is 4.27. The number of sulfonamides is 1. The van der Waals surface area contributed by atoms with Crippen molar-refractivity contribution in [3.63, 3.8) is 0 Å². The van der Waals surface area contributed by atoms with Crippen molar-refractivity contribution >= 4 is 21.8 Å². The monoisotopic (exact) mass is 317 g/mol. The van der Waals surface area contributed by atoms with Crippen molar-refractivity contribution in [3.8, 4) is 0 Å². The van der Waals surface area contributed by atoms with Crippen LogP contribution in [0.2, 0.25) is 0 Å². The molecule has 1 aliphatic rings. The van der Waals surface area contributed by atoms with Crippen LogP contribution in [0.15, 0.2) is 24.3 Å². The zero-order chi connectivity index (χ0) is 15.2. The van der Waals surface area contributed by atoms with Crippen molar-refractivity contribution in [1.82, 2.24) is 0 Å². The number of unbranched alkanes of at least 4 members (excludes halogenated alkanes) is 1. The standard InChI is InChI=1S/C15H27NO2S2/c1-13(2)12-19-11-7-5-9-14-8-4-6-10-15(14,3)20(16,17)18/h4,6,8,10,13-14H,5,7,9,11-12H2,1-3H3,(H2,16,17,18)/t14?,15-/m1/s1. The molecule has 0 saturated carbocycles. The van der Waals surface area contributed by atoms with Gasteiger partial charge in [0.05, 0.1) is 0 Å². The van der Waals surface area contributed by atoms with Crippen LogP contribution in [-0.2, 0) is 10.0 Å². The maximum Gasteiger partial charge on any atom is 0.218 e. The van der Waals surface area contributed by atoms with E-state index in [-0.39, 0.29) is 5.92 Å². The summed E-state index contributed by atoms with van der Waals surface area (Å²) >= 11 is 1.98. The van der Waals surface area contributed by atoms with Crippen LogP contribution >= 0.6 is 11.8 Å². The Morgan fingerprint density at radius 2 is 2.00 bits per heavy atom. The second-order valence-electron chi connectivity index (χ2n) is 6.04. The first-order chi connectivity index (χ1) is 9.27. The van der Waals surface area contributed by atoms with Crippen molar-refractivity contribution in [2.45, 2.75) is 44.8 Å². The summed E-state index contributed by atoms with van der Waals surface area (Å²) in [7, 11) is -3.58. The first kappa shape index (κ1) is 17.8. The Labute approximate surface area is 128 Å². The molecule has 116 valence electrons. The molecule has 1 unspecified atom stereocenters. The minimum absolute atomic E-state index is 0.0161. The summed E-state index contributed by atoms with van der Waals surface area (Å²) in [6.07, 6.45) is 10.4. The van der Waals surface area contributed by atoms with E-state index in [4.69, 9.17) is 5.14 Å². The summed E-state index contributed by atoms with van der Waals surface area (Å²) in [5.41, 5.74) is 0. The molecular formula is C15H27NO2S2. The van der Waals surface area contributed by atoms with Crippen molar-refractivity contribution in [2.24, 2.45) is 17.0 Å². The molecule has 2 N–H and O–H groups in total. The lowest BCUT2D eigenvalue weighted by Gasteiger charge is -2.33. The Bertz CT molecular complexity index is 454. The molecule has 0 aromatic rings. The van der Waals surface area contributed by atoms with Crippen LogP contribution in [0.25, 0.3) is 0 Å². The number of nitrogens with two attached hydrogens (primary N) is 1. The fourth-order valence-electron chi connectivity index (χ4n) is 2.34. The van der Waals surface area contributed by atoms with Crippen LogP contribution < -0.4 is 5.14 Å². The van der Waals surface area contributed by atoms with Gasteiger partial charge in [-0.2, -0.15) is 11.8 Å². The van der Waals surface area contributed by atoms with E-state index in [0.29, 0.717) is 0 Å². The first-order valence-electron chi connectivity index (χ1n) is 7.23. The van der Waals surface area contributed by atoms with Crippen LogP contribution in [0.5, 0.6) is 0 Å². The molecular weight excluding hydrogens is 290 g/mol. The van der Waals surface area contributed by atoms with Gasteiger partial charge in [0, 0.05) is 5.92 Å². The van der Waals surface area contributed by atoms with Crippen molar-refractivity contribution < 1.29 is 8.42 Å². The minimum Gasteiger partial charge on any atom is -0.228 e. The van der Waals surface area contributed by atoms with E-state index in [1.165, 1.54) is 5.75 Å². The molecule has 2 atom stereocenters. The minimum atomic E-state index is -3.58. The number of rotatable bonds is 8. The zero-order valence-corrected chi connectivity index (χ0v) is 14.3. The Morgan fingerprint density at radius 3 is 2.60 bits per heavy atom. The molecule has 0 aliphatic heterocycles. The lowest BCUT2D eigenvalue weighted by atomic mass is 9.85. The quantitative estimate of drug-likeness (QED) is 0.699. The normalized spacial score (nSPS) is 26.4. The third-order valence-electron chi connectivity index (χ3n) is 3.74. The fraction of sp³-hybridized carbons (Fsp3) is 0.733. The van der Waals surface area contributed by atoms with Crippen LogP contribution in [-0.4, -0.2) is 24.7 Å². The van der Waals surface area contributed by atoms with E-state index in [9.17, 15) is 8.42 Å². The molecule has 1 aliphatic carbocycles. The SMILES string of the molecule is CC(C)CSCCCCC1C=CC=C[C@@]1(C)S(N)(=O)=O. The Kier molecular flexibility index (Phi) is 6.82. The van der Waals surface area contributed by atoms with Gasteiger partial charge in [0.1, 0.15) is 4.75 Å². The van der Waals surface area contributed by atoms with Crippen molar-refractivity contribution in [3.05, 3.63) is 24.3 Å². The summed E-state index contributed by atoms with van der Waals surface area (Å²) in [5.74, 6) is 3.06. The average Bonchev–Trinajstić information content (AvgIpc) is 2.34. The maximum atomic E-state index is 11.8. The number of allylic oxidation sites excluding steroid dienone is 3. The summed E-state index contributed by atoms with van der Waals surface area (Å²) in [4.78, 5) is 0. The van der Waals surface area contributed by atoms with Gasteiger partial charge in [0.15, 0.2) is 0 Å². The van der Waals surface area contributed by atoms with Crippen LogP contribution in [0, 0.1) is 11.8 Å². The smallest absolute Gasteiger partial charge is 0.218 e. The number of primary sulfonamides is 1. The molecule has 1 rings (SSSR count). The van der Waals surface area contributed by atoms with Crippen molar-refractivity contribution in [1.29, 1.82) is 0 Å². The maximum absolute atomic E-state index is 11.8.